The van der Waals surface area contributed by atoms with Crippen LogP contribution >= 0.6 is 0 Å². The van der Waals surface area contributed by atoms with Crippen LogP contribution < -0.4 is 15.5 Å². The third-order valence-electron chi connectivity index (χ3n) is 7.45. The van der Waals surface area contributed by atoms with Gasteiger partial charge in [-0.05, 0) is 73.0 Å². The molecule has 228 valence electrons. The van der Waals surface area contributed by atoms with Crippen molar-refractivity contribution in [3.63, 3.8) is 0 Å². The average molecular weight is 610 g/mol. The molecule has 1 aromatic heterocycles. The van der Waals surface area contributed by atoms with Crippen LogP contribution in [0.5, 0.6) is 0 Å². The first kappa shape index (κ1) is 31.0. The van der Waals surface area contributed by atoms with Gasteiger partial charge in [-0.2, -0.15) is 4.98 Å². The van der Waals surface area contributed by atoms with Crippen molar-refractivity contribution in [1.82, 2.24) is 14.9 Å². The van der Waals surface area contributed by atoms with Gasteiger partial charge in [0.25, 0.3) is 0 Å². The number of benzene rings is 3. The molecule has 0 unspecified atom stereocenters. The highest BCUT2D eigenvalue weighted by molar-refractivity contribution is 7.91. The maximum Gasteiger partial charge on any atom is 0.229 e. The van der Waals surface area contributed by atoms with Crippen molar-refractivity contribution in [2.75, 3.05) is 54.5 Å². The summed E-state index contributed by atoms with van der Waals surface area (Å²) < 4.78 is 27.1. The molecule has 0 aliphatic carbocycles. The summed E-state index contributed by atoms with van der Waals surface area (Å²) in [6.07, 6.45) is 1.73. The van der Waals surface area contributed by atoms with Crippen LogP contribution in [0.15, 0.2) is 77.8 Å². The summed E-state index contributed by atoms with van der Waals surface area (Å²) in [5.41, 5.74) is 4.74. The van der Waals surface area contributed by atoms with Crippen molar-refractivity contribution in [3.05, 3.63) is 89.9 Å². The van der Waals surface area contributed by atoms with Crippen LogP contribution in [0, 0.1) is 18.9 Å². The molecular weight excluding hydrogens is 570 g/mol. The molecule has 3 aromatic carbocycles. The lowest BCUT2D eigenvalue weighted by Gasteiger charge is -2.34. The molecule has 2 heterocycles. The van der Waals surface area contributed by atoms with Crippen molar-refractivity contribution in [2.45, 2.75) is 32.6 Å². The van der Waals surface area contributed by atoms with E-state index in [1.165, 1.54) is 5.69 Å². The average Bonchev–Trinajstić information content (AvgIpc) is 2.98. The molecule has 1 aliphatic rings. The molecule has 0 spiro atoms. The zero-order valence-corrected chi connectivity index (χ0v) is 26.7. The molecule has 0 atom stereocenters. The lowest BCUT2D eigenvalue weighted by Crippen LogP contribution is -2.44. The second kappa shape index (κ2) is 12.6. The molecule has 5 rings (SSSR count). The quantitative estimate of drug-likeness (QED) is 0.205. The zero-order chi connectivity index (χ0) is 31.5. The van der Waals surface area contributed by atoms with Gasteiger partial charge in [-0.15, -0.1) is 0 Å². The van der Waals surface area contributed by atoms with E-state index in [0.29, 0.717) is 34.3 Å². The Labute approximate surface area is 260 Å². The van der Waals surface area contributed by atoms with Gasteiger partial charge in [0.05, 0.1) is 17.2 Å². The molecule has 0 bridgehead atoms. The number of aryl methyl sites for hydroxylation is 1. The Morgan fingerprint density at radius 3 is 2.32 bits per heavy atom. The first-order valence-corrected chi connectivity index (χ1v) is 16.3. The first-order chi connectivity index (χ1) is 20.9. The Kier molecular flexibility index (Phi) is 8.90. The summed E-state index contributed by atoms with van der Waals surface area (Å²) in [4.78, 5) is 17.8. The molecule has 10 heteroatoms. The van der Waals surface area contributed by atoms with Gasteiger partial charge < -0.3 is 20.4 Å². The number of nitrogens with one attached hydrogen (secondary N) is 2. The smallest absolute Gasteiger partial charge is 0.229 e. The van der Waals surface area contributed by atoms with Gasteiger partial charge >= 0.3 is 0 Å². The van der Waals surface area contributed by atoms with Crippen LogP contribution in [0.25, 0.3) is 16.0 Å². The lowest BCUT2D eigenvalue weighted by molar-refractivity contribution is 0.313. The fourth-order valence-electron chi connectivity index (χ4n) is 5.19. The highest BCUT2D eigenvalue weighted by Crippen LogP contribution is 2.36. The molecule has 1 aliphatic heterocycles. The van der Waals surface area contributed by atoms with E-state index < -0.39 is 15.3 Å². The van der Waals surface area contributed by atoms with Gasteiger partial charge in [-0.25, -0.2) is 18.2 Å². The number of hydrogen-bond donors (Lipinski definition) is 2. The summed E-state index contributed by atoms with van der Waals surface area (Å²) in [5, 5.41) is 6.62. The highest BCUT2D eigenvalue weighted by atomic mass is 32.2. The normalized spacial score (nSPS) is 14.2. The second-order valence-electron chi connectivity index (χ2n) is 12.5. The van der Waals surface area contributed by atoms with Gasteiger partial charge in [-0.1, -0.05) is 45.0 Å². The Morgan fingerprint density at radius 1 is 0.932 bits per heavy atom. The number of para-hydroxylation sites is 1. The fourth-order valence-corrected chi connectivity index (χ4v) is 7.11. The SMILES string of the molecule is [C-]#[N+]c1ccccc1-c1cc(Nc2nc(Nc3ccc(N4CCN(C)CC4)cc3)ncc2C)cc(S(=O)(=O)CC(C)(C)C)c1. The summed E-state index contributed by atoms with van der Waals surface area (Å²) in [5.74, 6) is 0.952. The van der Waals surface area contributed by atoms with Crippen molar-refractivity contribution in [1.29, 1.82) is 0 Å². The summed E-state index contributed by atoms with van der Waals surface area (Å²) >= 11 is 0. The maximum atomic E-state index is 13.5. The van der Waals surface area contributed by atoms with Crippen molar-refractivity contribution in [3.8, 4) is 11.1 Å². The minimum Gasteiger partial charge on any atom is -0.369 e. The molecular formula is C34H39N7O2S. The molecule has 0 radical (unpaired) electrons. The molecule has 1 fully saturated rings. The van der Waals surface area contributed by atoms with Gasteiger partial charge in [0.1, 0.15) is 5.82 Å². The van der Waals surface area contributed by atoms with E-state index >= 15 is 0 Å². The number of nitrogens with zero attached hydrogens (tertiary/aromatic N) is 5. The second-order valence-corrected chi connectivity index (χ2v) is 14.5. The molecule has 9 nitrogen and oxygen atoms in total. The molecule has 0 amide bonds. The van der Waals surface area contributed by atoms with Crippen molar-refractivity contribution < 1.29 is 8.42 Å². The van der Waals surface area contributed by atoms with Crippen LogP contribution in [0.4, 0.5) is 34.5 Å². The van der Waals surface area contributed by atoms with Crippen LogP contribution in [0.3, 0.4) is 0 Å². The summed E-state index contributed by atoms with van der Waals surface area (Å²) in [6.45, 7) is 19.3. The van der Waals surface area contributed by atoms with E-state index in [4.69, 9.17) is 11.6 Å². The van der Waals surface area contributed by atoms with Gasteiger partial charge in [0.2, 0.25) is 5.95 Å². The predicted octanol–water partition coefficient (Wildman–Crippen LogP) is 7.06. The Morgan fingerprint density at radius 2 is 1.64 bits per heavy atom. The maximum absolute atomic E-state index is 13.5. The monoisotopic (exact) mass is 609 g/mol. The molecule has 4 aromatic rings. The standard InChI is InChI=1S/C34H39N7O2S/c1-24-22-36-33(38-26-11-13-28(14-12-26)41-17-15-40(6)16-18-41)39-32(24)37-27-19-25(30-9-7-8-10-31(30)35-5)20-29(21-27)44(42,43)23-34(2,3)4/h7-14,19-22H,15-18,23H2,1-4,6H3,(H2,36,37,38,39). The van der Waals surface area contributed by atoms with E-state index in [-0.39, 0.29) is 10.6 Å². The lowest BCUT2D eigenvalue weighted by atomic mass is 10.0. The van der Waals surface area contributed by atoms with Crippen molar-refractivity contribution in [2.24, 2.45) is 5.41 Å². The van der Waals surface area contributed by atoms with E-state index in [1.54, 1.807) is 30.5 Å². The minimum absolute atomic E-state index is 0.0123. The topological polar surface area (TPSA) is 94.8 Å². The summed E-state index contributed by atoms with van der Waals surface area (Å²) in [7, 11) is -1.48. The molecule has 0 saturated carbocycles. The number of anilines is 5. The van der Waals surface area contributed by atoms with Crippen LogP contribution in [0.1, 0.15) is 26.3 Å². The van der Waals surface area contributed by atoms with Gasteiger partial charge in [0.15, 0.2) is 15.5 Å². The highest BCUT2D eigenvalue weighted by Gasteiger charge is 2.25. The van der Waals surface area contributed by atoms with Crippen LogP contribution in [0.2, 0.25) is 0 Å². The third kappa shape index (κ3) is 7.54. The number of rotatable bonds is 8. The number of aromatic nitrogens is 2. The first-order valence-electron chi connectivity index (χ1n) is 14.7. The Hall–Kier alpha value is -4.46. The largest absolute Gasteiger partial charge is 0.369 e. The van der Waals surface area contributed by atoms with Crippen LogP contribution in [-0.4, -0.2) is 62.3 Å². The van der Waals surface area contributed by atoms with Gasteiger partial charge in [0, 0.05) is 55.0 Å². The number of hydrogen-bond acceptors (Lipinski definition) is 8. The third-order valence-corrected chi connectivity index (χ3v) is 9.65. The van der Waals surface area contributed by atoms with E-state index in [1.807, 2.05) is 58.0 Å². The summed E-state index contributed by atoms with van der Waals surface area (Å²) in [6, 6.07) is 20.6. The van der Waals surface area contributed by atoms with E-state index in [9.17, 15) is 8.42 Å². The minimum atomic E-state index is -3.62. The zero-order valence-electron chi connectivity index (χ0n) is 25.9. The molecule has 44 heavy (non-hydrogen) atoms. The van der Waals surface area contributed by atoms with E-state index in [0.717, 1.165) is 37.4 Å². The van der Waals surface area contributed by atoms with Gasteiger partial charge in [-0.3, -0.25) is 0 Å². The van der Waals surface area contributed by atoms with E-state index in [2.05, 4.69) is 49.4 Å². The molecule has 1 saturated heterocycles. The fraction of sp³-hybridized carbons (Fsp3) is 0.324. The molecule has 2 N–H and O–H groups in total. The number of piperazine rings is 1. The number of likely N-dealkylation sites (N-methyl/N-ethyl adjacent to an activating group) is 1. The number of sulfone groups is 1. The Bertz CT molecular complexity index is 1780. The van der Waals surface area contributed by atoms with Crippen molar-refractivity contribution >= 4 is 44.4 Å². The van der Waals surface area contributed by atoms with Crippen LogP contribution in [-0.2, 0) is 9.84 Å². The Balaban J connectivity index is 1.44. The predicted molar refractivity (Wildman–Crippen MR) is 179 cm³/mol.